The van der Waals surface area contributed by atoms with E-state index >= 15 is 0 Å². The van der Waals surface area contributed by atoms with Crippen LogP contribution >= 0.6 is 0 Å². The fraction of sp³-hybridized carbons (Fsp3) is 0.417. The molecule has 7 heteroatoms. The van der Waals surface area contributed by atoms with Crippen LogP contribution in [0.5, 0.6) is 11.5 Å². The van der Waals surface area contributed by atoms with Gasteiger partial charge in [-0.3, -0.25) is 9.59 Å². The van der Waals surface area contributed by atoms with Gasteiger partial charge in [0.2, 0.25) is 5.91 Å². The standard InChI is InChI=1S/C24H31N3O4/c1-18-9-11-20(12-10-18)26-22(28)17-31-24-19(6-3-7-21(24)30-2)16-25-13-5-15-27-14-4-8-23(27)29/h3,6-7,9-12,25H,4-5,8,13-17H2,1-2H3,(H,26,28). The van der Waals surface area contributed by atoms with E-state index in [1.807, 2.05) is 54.3 Å². The van der Waals surface area contributed by atoms with Crippen molar-refractivity contribution in [1.29, 1.82) is 0 Å². The molecule has 0 spiro atoms. The largest absolute Gasteiger partial charge is 0.493 e. The van der Waals surface area contributed by atoms with E-state index in [0.29, 0.717) is 24.5 Å². The van der Waals surface area contributed by atoms with Gasteiger partial charge in [0, 0.05) is 37.3 Å². The van der Waals surface area contributed by atoms with Gasteiger partial charge in [0.25, 0.3) is 5.91 Å². The number of anilines is 1. The van der Waals surface area contributed by atoms with Gasteiger partial charge in [0.15, 0.2) is 18.1 Å². The van der Waals surface area contributed by atoms with E-state index in [-0.39, 0.29) is 18.4 Å². The minimum atomic E-state index is -0.232. The van der Waals surface area contributed by atoms with Crippen LogP contribution in [0.15, 0.2) is 42.5 Å². The van der Waals surface area contributed by atoms with Crippen molar-refractivity contribution < 1.29 is 19.1 Å². The monoisotopic (exact) mass is 425 g/mol. The van der Waals surface area contributed by atoms with E-state index in [2.05, 4.69) is 10.6 Å². The summed E-state index contributed by atoms with van der Waals surface area (Å²) in [5.74, 6) is 1.17. The second-order valence-electron chi connectivity index (χ2n) is 7.67. The van der Waals surface area contributed by atoms with Crippen molar-refractivity contribution in [3.63, 3.8) is 0 Å². The van der Waals surface area contributed by atoms with Crippen molar-refractivity contribution in [2.75, 3.05) is 38.7 Å². The second kappa shape index (κ2) is 11.4. The summed E-state index contributed by atoms with van der Waals surface area (Å²) in [6, 6.07) is 13.3. The van der Waals surface area contributed by atoms with Gasteiger partial charge in [-0.1, -0.05) is 29.8 Å². The molecule has 1 aliphatic rings. The molecule has 7 nitrogen and oxygen atoms in total. The first-order chi connectivity index (χ1) is 15.1. The highest BCUT2D eigenvalue weighted by Crippen LogP contribution is 2.31. The number of para-hydroxylation sites is 1. The van der Waals surface area contributed by atoms with Crippen LogP contribution in [0.4, 0.5) is 5.69 Å². The summed E-state index contributed by atoms with van der Waals surface area (Å²) in [5.41, 5.74) is 2.78. The van der Waals surface area contributed by atoms with Gasteiger partial charge in [0.05, 0.1) is 7.11 Å². The molecule has 1 saturated heterocycles. The minimum Gasteiger partial charge on any atom is -0.493 e. The lowest BCUT2D eigenvalue weighted by atomic mass is 10.2. The number of nitrogens with zero attached hydrogens (tertiary/aromatic N) is 1. The average Bonchev–Trinajstić information content (AvgIpc) is 3.18. The van der Waals surface area contributed by atoms with Crippen LogP contribution < -0.4 is 20.1 Å². The van der Waals surface area contributed by atoms with Crippen LogP contribution in [0.25, 0.3) is 0 Å². The van der Waals surface area contributed by atoms with Gasteiger partial charge in [-0.25, -0.2) is 0 Å². The molecule has 0 atom stereocenters. The first kappa shape index (κ1) is 22.6. The molecule has 1 aliphatic heterocycles. The summed E-state index contributed by atoms with van der Waals surface area (Å²) in [7, 11) is 1.58. The van der Waals surface area contributed by atoms with Gasteiger partial charge < -0.3 is 25.0 Å². The first-order valence-electron chi connectivity index (χ1n) is 10.7. The minimum absolute atomic E-state index is 0.113. The molecule has 0 bridgehead atoms. The molecule has 1 fully saturated rings. The van der Waals surface area contributed by atoms with Crippen LogP contribution in [0.1, 0.15) is 30.4 Å². The van der Waals surface area contributed by atoms with Crippen molar-refractivity contribution in [3.8, 4) is 11.5 Å². The van der Waals surface area contributed by atoms with Gasteiger partial charge in [-0.15, -0.1) is 0 Å². The fourth-order valence-electron chi connectivity index (χ4n) is 3.56. The van der Waals surface area contributed by atoms with Crippen molar-refractivity contribution in [2.45, 2.75) is 32.7 Å². The average molecular weight is 426 g/mol. The Morgan fingerprint density at radius 2 is 1.97 bits per heavy atom. The predicted molar refractivity (Wildman–Crippen MR) is 120 cm³/mol. The Kier molecular flexibility index (Phi) is 8.29. The molecule has 1 heterocycles. The number of nitrogens with one attached hydrogen (secondary N) is 2. The maximum atomic E-state index is 12.3. The lowest BCUT2D eigenvalue weighted by Crippen LogP contribution is -2.28. The Labute approximate surface area is 183 Å². The maximum Gasteiger partial charge on any atom is 0.262 e. The van der Waals surface area contributed by atoms with Crippen LogP contribution in [0.3, 0.4) is 0 Å². The van der Waals surface area contributed by atoms with E-state index in [9.17, 15) is 9.59 Å². The molecular weight excluding hydrogens is 394 g/mol. The number of carbonyl (C=O) groups is 2. The third kappa shape index (κ3) is 6.72. The zero-order valence-electron chi connectivity index (χ0n) is 18.3. The summed E-state index contributed by atoms with van der Waals surface area (Å²) in [4.78, 5) is 25.9. The molecule has 2 aromatic carbocycles. The quantitative estimate of drug-likeness (QED) is 0.541. The number of methoxy groups -OCH3 is 1. The Balaban J connectivity index is 1.50. The van der Waals surface area contributed by atoms with E-state index in [1.54, 1.807) is 7.11 Å². The Morgan fingerprint density at radius 1 is 1.16 bits per heavy atom. The number of benzene rings is 2. The smallest absolute Gasteiger partial charge is 0.262 e. The highest BCUT2D eigenvalue weighted by molar-refractivity contribution is 5.91. The summed E-state index contributed by atoms with van der Waals surface area (Å²) in [6.45, 7) is 4.91. The van der Waals surface area contributed by atoms with E-state index in [4.69, 9.17) is 9.47 Å². The summed E-state index contributed by atoms with van der Waals surface area (Å²) >= 11 is 0. The van der Waals surface area contributed by atoms with E-state index in [1.165, 1.54) is 0 Å². The lowest BCUT2D eigenvalue weighted by molar-refractivity contribution is -0.127. The number of hydrogen-bond donors (Lipinski definition) is 2. The number of carbonyl (C=O) groups excluding carboxylic acids is 2. The Hall–Kier alpha value is -3.06. The van der Waals surface area contributed by atoms with Gasteiger partial charge in [0.1, 0.15) is 0 Å². The number of amides is 2. The second-order valence-corrected chi connectivity index (χ2v) is 7.67. The molecule has 31 heavy (non-hydrogen) atoms. The zero-order chi connectivity index (χ0) is 22.1. The lowest BCUT2D eigenvalue weighted by Gasteiger charge is -2.17. The van der Waals surface area contributed by atoms with Crippen LogP contribution in [0.2, 0.25) is 0 Å². The zero-order valence-corrected chi connectivity index (χ0v) is 18.3. The summed E-state index contributed by atoms with van der Waals surface area (Å²) in [6.07, 6.45) is 2.54. The topological polar surface area (TPSA) is 79.9 Å². The number of hydrogen-bond acceptors (Lipinski definition) is 5. The van der Waals surface area contributed by atoms with E-state index in [0.717, 1.165) is 49.3 Å². The normalized spacial score (nSPS) is 13.4. The molecule has 0 saturated carbocycles. The first-order valence-corrected chi connectivity index (χ1v) is 10.7. The third-order valence-electron chi connectivity index (χ3n) is 5.23. The van der Waals surface area contributed by atoms with Crippen molar-refractivity contribution in [1.82, 2.24) is 10.2 Å². The Bertz CT molecular complexity index is 883. The molecule has 2 aromatic rings. The van der Waals surface area contributed by atoms with Crippen molar-refractivity contribution in [3.05, 3.63) is 53.6 Å². The molecule has 0 radical (unpaired) electrons. The van der Waals surface area contributed by atoms with Crippen LogP contribution in [-0.4, -0.2) is 50.1 Å². The predicted octanol–water partition coefficient (Wildman–Crippen LogP) is 3.12. The number of aryl methyl sites for hydroxylation is 1. The highest BCUT2D eigenvalue weighted by Gasteiger charge is 2.19. The van der Waals surface area contributed by atoms with Gasteiger partial charge >= 0.3 is 0 Å². The molecule has 2 N–H and O–H groups in total. The third-order valence-corrected chi connectivity index (χ3v) is 5.23. The van der Waals surface area contributed by atoms with E-state index < -0.39 is 0 Å². The molecule has 166 valence electrons. The summed E-state index contributed by atoms with van der Waals surface area (Å²) in [5, 5.41) is 6.22. The molecule has 3 rings (SSSR count). The molecule has 2 amide bonds. The number of rotatable bonds is 11. The number of ether oxygens (including phenoxy) is 2. The SMILES string of the molecule is COc1cccc(CNCCCN2CCCC2=O)c1OCC(=O)Nc1ccc(C)cc1. The molecular formula is C24H31N3O4. The highest BCUT2D eigenvalue weighted by atomic mass is 16.5. The van der Waals surface area contributed by atoms with Gasteiger partial charge in [-0.05, 0) is 44.5 Å². The summed E-state index contributed by atoms with van der Waals surface area (Å²) < 4.78 is 11.3. The maximum absolute atomic E-state index is 12.3. The van der Waals surface area contributed by atoms with Crippen LogP contribution in [0, 0.1) is 6.92 Å². The fourth-order valence-corrected chi connectivity index (χ4v) is 3.56. The van der Waals surface area contributed by atoms with Crippen molar-refractivity contribution >= 4 is 17.5 Å². The Morgan fingerprint density at radius 3 is 2.68 bits per heavy atom. The van der Waals surface area contributed by atoms with Gasteiger partial charge in [-0.2, -0.15) is 0 Å². The molecule has 0 aromatic heterocycles. The van der Waals surface area contributed by atoms with Crippen molar-refractivity contribution in [2.24, 2.45) is 0 Å². The van der Waals surface area contributed by atoms with Crippen LogP contribution in [-0.2, 0) is 16.1 Å². The molecule has 0 unspecified atom stereocenters. The number of likely N-dealkylation sites (tertiary alicyclic amines) is 1. The molecule has 0 aliphatic carbocycles.